The Labute approximate surface area is 220 Å². The summed E-state index contributed by atoms with van der Waals surface area (Å²) in [6.45, 7) is 10.6. The SMILES string of the molecule is CCN1CC=C([C@@H](O)c2ccc(Nc3ncc(F)c(-c4cc(F)c5nc(C)n(C(C)C)c5c4)n3)nc2)CC1. The summed E-state index contributed by atoms with van der Waals surface area (Å²) < 4.78 is 31.7. The number of nitrogens with zero attached hydrogens (tertiary/aromatic N) is 6. The minimum absolute atomic E-state index is 0.0325. The maximum atomic E-state index is 14.9. The number of aryl methyl sites for hydroxylation is 1. The molecule has 38 heavy (non-hydrogen) atoms. The molecule has 5 rings (SSSR count). The van der Waals surface area contributed by atoms with Crippen LogP contribution in [0, 0.1) is 18.6 Å². The predicted octanol–water partition coefficient (Wildman–Crippen LogP) is 5.48. The molecule has 0 spiro atoms. The minimum Gasteiger partial charge on any atom is -0.384 e. The highest BCUT2D eigenvalue weighted by atomic mass is 19.1. The molecular weight excluding hydrogens is 488 g/mol. The lowest BCUT2D eigenvalue weighted by atomic mass is 9.97. The third-order valence-electron chi connectivity index (χ3n) is 6.93. The fraction of sp³-hybridized carbons (Fsp3) is 0.357. The van der Waals surface area contributed by atoms with Gasteiger partial charge < -0.3 is 15.0 Å². The first-order valence-corrected chi connectivity index (χ1v) is 12.8. The van der Waals surface area contributed by atoms with Crippen molar-refractivity contribution >= 4 is 22.8 Å². The largest absolute Gasteiger partial charge is 0.384 e. The molecule has 0 aliphatic carbocycles. The Kier molecular flexibility index (Phi) is 7.18. The lowest BCUT2D eigenvalue weighted by molar-refractivity contribution is 0.197. The van der Waals surface area contributed by atoms with Crippen molar-refractivity contribution < 1.29 is 13.9 Å². The Balaban J connectivity index is 1.39. The number of fused-ring (bicyclic) bond motifs is 1. The standard InChI is InChI=1S/C28H31F2N7O/c1-5-36-10-8-18(9-11-36)27(38)19-6-7-24(31-14-19)34-28-32-15-22(30)25(35-28)20-12-21(29)26-23(13-20)37(16(2)3)17(4)33-26/h6-8,12-16,27,38H,5,9-11H2,1-4H3,(H,31,32,34,35)/t27-/m1/s1. The molecule has 0 radical (unpaired) electrons. The zero-order valence-corrected chi connectivity index (χ0v) is 21.9. The van der Waals surface area contributed by atoms with Gasteiger partial charge in [-0.3, -0.25) is 4.90 Å². The van der Waals surface area contributed by atoms with Gasteiger partial charge in [0.2, 0.25) is 5.95 Å². The Morgan fingerprint density at radius 1 is 1.08 bits per heavy atom. The van der Waals surface area contributed by atoms with Crippen LogP contribution >= 0.6 is 0 Å². The summed E-state index contributed by atoms with van der Waals surface area (Å²) in [5, 5.41) is 13.8. The highest BCUT2D eigenvalue weighted by molar-refractivity contribution is 5.83. The molecular formula is C28H31F2N7O. The molecule has 0 fully saturated rings. The number of hydrogen-bond donors (Lipinski definition) is 2. The van der Waals surface area contributed by atoms with Crippen LogP contribution in [0.4, 0.5) is 20.5 Å². The van der Waals surface area contributed by atoms with Crippen LogP contribution in [0.5, 0.6) is 0 Å². The first kappa shape index (κ1) is 25.9. The van der Waals surface area contributed by atoms with Crippen molar-refractivity contribution in [2.24, 2.45) is 0 Å². The molecule has 8 nitrogen and oxygen atoms in total. The van der Waals surface area contributed by atoms with Crippen molar-refractivity contribution in [2.75, 3.05) is 25.0 Å². The number of rotatable bonds is 7. The number of aliphatic hydroxyl groups excluding tert-OH is 1. The molecule has 1 aromatic carbocycles. The van der Waals surface area contributed by atoms with Gasteiger partial charge in [0.15, 0.2) is 11.6 Å². The van der Waals surface area contributed by atoms with E-state index in [0.717, 1.165) is 37.8 Å². The van der Waals surface area contributed by atoms with Gasteiger partial charge in [-0.05, 0) is 57.5 Å². The van der Waals surface area contributed by atoms with E-state index in [9.17, 15) is 13.9 Å². The van der Waals surface area contributed by atoms with Gasteiger partial charge in [0.25, 0.3) is 0 Å². The van der Waals surface area contributed by atoms with Crippen molar-refractivity contribution in [3.05, 3.63) is 71.3 Å². The molecule has 2 N–H and O–H groups in total. The van der Waals surface area contributed by atoms with Crippen LogP contribution in [0.25, 0.3) is 22.3 Å². The van der Waals surface area contributed by atoms with Crippen LogP contribution in [0.2, 0.25) is 0 Å². The number of pyridine rings is 1. The summed E-state index contributed by atoms with van der Waals surface area (Å²) in [6, 6.07) is 6.48. The quantitative estimate of drug-likeness (QED) is 0.312. The lowest BCUT2D eigenvalue weighted by Gasteiger charge is -2.27. The summed E-state index contributed by atoms with van der Waals surface area (Å²) in [5.41, 5.74) is 2.75. The number of aromatic nitrogens is 5. The van der Waals surface area contributed by atoms with E-state index in [-0.39, 0.29) is 28.8 Å². The number of nitrogens with one attached hydrogen (secondary N) is 1. The lowest BCUT2D eigenvalue weighted by Crippen LogP contribution is -2.29. The number of hydrogen-bond acceptors (Lipinski definition) is 7. The number of likely N-dealkylation sites (N-methyl/N-ethyl adjacent to an activating group) is 1. The molecule has 4 aromatic rings. The zero-order valence-electron chi connectivity index (χ0n) is 21.9. The van der Waals surface area contributed by atoms with Crippen molar-refractivity contribution in [1.82, 2.24) is 29.4 Å². The number of imidazole rings is 1. The molecule has 1 atom stereocenters. The van der Waals surface area contributed by atoms with E-state index in [4.69, 9.17) is 0 Å². The maximum Gasteiger partial charge on any atom is 0.229 e. The van der Waals surface area contributed by atoms with Gasteiger partial charge in [-0.2, -0.15) is 0 Å². The number of aliphatic hydroxyl groups is 1. The van der Waals surface area contributed by atoms with Gasteiger partial charge in [-0.1, -0.05) is 19.1 Å². The Bertz CT molecular complexity index is 1500. The van der Waals surface area contributed by atoms with Gasteiger partial charge in [-0.25, -0.2) is 28.7 Å². The molecule has 1 aliphatic heterocycles. The van der Waals surface area contributed by atoms with Crippen LogP contribution < -0.4 is 5.32 Å². The maximum absolute atomic E-state index is 14.9. The number of anilines is 2. The molecule has 0 saturated carbocycles. The second-order valence-electron chi connectivity index (χ2n) is 9.77. The second-order valence-corrected chi connectivity index (χ2v) is 9.77. The highest BCUT2D eigenvalue weighted by Crippen LogP contribution is 2.31. The normalized spacial score (nSPS) is 15.2. The second kappa shape index (κ2) is 10.5. The average molecular weight is 520 g/mol. The van der Waals surface area contributed by atoms with E-state index in [1.165, 1.54) is 6.07 Å². The zero-order chi connectivity index (χ0) is 27.0. The van der Waals surface area contributed by atoms with Crippen LogP contribution in [0.3, 0.4) is 0 Å². The van der Waals surface area contributed by atoms with E-state index in [1.54, 1.807) is 24.4 Å². The van der Waals surface area contributed by atoms with E-state index >= 15 is 0 Å². The fourth-order valence-corrected chi connectivity index (χ4v) is 4.92. The van der Waals surface area contributed by atoms with Gasteiger partial charge in [-0.15, -0.1) is 0 Å². The molecule has 0 bridgehead atoms. The fourth-order valence-electron chi connectivity index (χ4n) is 4.92. The van der Waals surface area contributed by atoms with Crippen LogP contribution in [0.15, 0.2) is 48.3 Å². The summed E-state index contributed by atoms with van der Waals surface area (Å²) in [5.74, 6) is 0.0162. The van der Waals surface area contributed by atoms with E-state index < -0.39 is 17.7 Å². The molecule has 0 saturated heterocycles. The van der Waals surface area contributed by atoms with Gasteiger partial charge in [0.1, 0.15) is 29.0 Å². The van der Waals surface area contributed by atoms with Crippen LogP contribution in [-0.2, 0) is 0 Å². The molecule has 3 aromatic heterocycles. The summed E-state index contributed by atoms with van der Waals surface area (Å²) >= 11 is 0. The molecule has 0 unspecified atom stereocenters. The van der Waals surface area contributed by atoms with E-state index in [1.807, 2.05) is 25.3 Å². The first-order chi connectivity index (χ1) is 18.2. The Hall–Kier alpha value is -3.76. The van der Waals surface area contributed by atoms with Crippen LogP contribution in [-0.4, -0.2) is 54.1 Å². The van der Waals surface area contributed by atoms with E-state index in [2.05, 4.69) is 43.2 Å². The number of halogens is 2. The van der Waals surface area contributed by atoms with Crippen molar-refractivity contribution in [1.29, 1.82) is 0 Å². The topological polar surface area (TPSA) is 92.0 Å². The van der Waals surface area contributed by atoms with Gasteiger partial charge in [0.05, 0.1) is 11.7 Å². The highest BCUT2D eigenvalue weighted by Gasteiger charge is 2.20. The Morgan fingerprint density at radius 3 is 2.55 bits per heavy atom. The monoisotopic (exact) mass is 519 g/mol. The Morgan fingerprint density at radius 2 is 1.89 bits per heavy atom. The smallest absolute Gasteiger partial charge is 0.229 e. The molecule has 0 amide bonds. The summed E-state index contributed by atoms with van der Waals surface area (Å²) in [6.07, 6.45) is 4.82. The summed E-state index contributed by atoms with van der Waals surface area (Å²) in [4.78, 5) is 19.4. The van der Waals surface area contributed by atoms with Crippen molar-refractivity contribution in [2.45, 2.75) is 46.3 Å². The predicted molar refractivity (Wildman–Crippen MR) is 143 cm³/mol. The first-order valence-electron chi connectivity index (χ1n) is 12.8. The van der Waals surface area contributed by atoms with Crippen molar-refractivity contribution in [3.63, 3.8) is 0 Å². The van der Waals surface area contributed by atoms with Crippen LogP contribution in [0.1, 0.15) is 50.7 Å². The van der Waals surface area contributed by atoms with Gasteiger partial charge in [0, 0.05) is 36.5 Å². The van der Waals surface area contributed by atoms with Gasteiger partial charge >= 0.3 is 0 Å². The molecule has 1 aliphatic rings. The number of benzene rings is 1. The van der Waals surface area contributed by atoms with E-state index in [0.29, 0.717) is 22.7 Å². The molecule has 4 heterocycles. The third-order valence-corrected chi connectivity index (χ3v) is 6.93. The average Bonchev–Trinajstić information content (AvgIpc) is 3.26. The summed E-state index contributed by atoms with van der Waals surface area (Å²) in [7, 11) is 0. The molecule has 198 valence electrons. The minimum atomic E-state index is -0.711. The van der Waals surface area contributed by atoms with Crippen molar-refractivity contribution in [3.8, 4) is 11.3 Å². The molecule has 10 heteroatoms. The third kappa shape index (κ3) is 5.01.